The van der Waals surface area contributed by atoms with Crippen molar-refractivity contribution in [2.75, 3.05) is 4.72 Å². The van der Waals surface area contributed by atoms with Crippen molar-refractivity contribution in [1.29, 1.82) is 0 Å². The van der Waals surface area contributed by atoms with E-state index in [0.29, 0.717) is 24.6 Å². The standard InChI is InChI=1S/C22H22N2O4S/c1-17(25)23-15-18-7-13-22(14-8-18)29(26,27)24-20-9-11-21(12-10-20)28-16-19-5-3-2-4-6-19/h2-14,24H,15-16H2,1H3,(H,23,25). The van der Waals surface area contributed by atoms with Crippen LogP contribution in [0.15, 0.2) is 83.8 Å². The molecule has 0 aliphatic rings. The van der Waals surface area contributed by atoms with E-state index in [-0.39, 0.29) is 10.8 Å². The minimum atomic E-state index is -3.71. The number of nitrogens with one attached hydrogen (secondary N) is 2. The molecule has 0 aliphatic heterocycles. The Balaban J connectivity index is 1.60. The third-order valence-corrected chi connectivity index (χ3v) is 5.53. The van der Waals surface area contributed by atoms with Crippen LogP contribution in [-0.2, 0) is 28.0 Å². The summed E-state index contributed by atoms with van der Waals surface area (Å²) in [5.74, 6) is 0.513. The predicted octanol–water partition coefficient (Wildman–Crippen LogP) is 3.70. The molecule has 0 saturated carbocycles. The molecule has 0 aromatic heterocycles. The van der Waals surface area contributed by atoms with E-state index >= 15 is 0 Å². The fourth-order valence-electron chi connectivity index (χ4n) is 2.59. The second kappa shape index (κ2) is 9.25. The van der Waals surface area contributed by atoms with E-state index in [1.54, 1.807) is 36.4 Å². The Bertz CT molecular complexity index is 1050. The summed E-state index contributed by atoms with van der Waals surface area (Å²) >= 11 is 0. The largest absolute Gasteiger partial charge is 0.489 e. The molecule has 29 heavy (non-hydrogen) atoms. The van der Waals surface area contributed by atoms with Crippen molar-refractivity contribution < 1.29 is 17.9 Å². The summed E-state index contributed by atoms with van der Waals surface area (Å²) in [6, 6.07) is 22.9. The van der Waals surface area contributed by atoms with Gasteiger partial charge in [-0.05, 0) is 47.5 Å². The fraction of sp³-hybridized carbons (Fsp3) is 0.136. The van der Waals surface area contributed by atoms with Gasteiger partial charge in [0.1, 0.15) is 12.4 Å². The Morgan fingerprint density at radius 3 is 2.14 bits per heavy atom. The molecule has 0 saturated heterocycles. The van der Waals surface area contributed by atoms with Crippen LogP contribution in [0.25, 0.3) is 0 Å². The molecule has 0 atom stereocenters. The van der Waals surface area contributed by atoms with Crippen LogP contribution in [0.2, 0.25) is 0 Å². The summed E-state index contributed by atoms with van der Waals surface area (Å²) in [4.78, 5) is 11.1. The summed E-state index contributed by atoms with van der Waals surface area (Å²) in [7, 11) is -3.71. The number of rotatable bonds is 8. The van der Waals surface area contributed by atoms with Crippen LogP contribution in [0.1, 0.15) is 18.1 Å². The zero-order chi connectivity index (χ0) is 20.7. The molecule has 6 nitrogen and oxygen atoms in total. The van der Waals surface area contributed by atoms with Gasteiger partial charge in [0.15, 0.2) is 0 Å². The predicted molar refractivity (Wildman–Crippen MR) is 112 cm³/mol. The lowest BCUT2D eigenvalue weighted by atomic mass is 10.2. The van der Waals surface area contributed by atoms with E-state index in [9.17, 15) is 13.2 Å². The SMILES string of the molecule is CC(=O)NCc1ccc(S(=O)(=O)Nc2ccc(OCc3ccccc3)cc2)cc1. The minimum absolute atomic E-state index is 0.139. The fourth-order valence-corrected chi connectivity index (χ4v) is 3.65. The van der Waals surface area contributed by atoms with E-state index in [4.69, 9.17) is 4.74 Å². The molecule has 1 amide bonds. The Hall–Kier alpha value is -3.32. The third kappa shape index (κ3) is 6.08. The molecule has 3 aromatic carbocycles. The molecule has 3 rings (SSSR count). The quantitative estimate of drug-likeness (QED) is 0.593. The second-order valence-corrected chi connectivity index (χ2v) is 8.14. The molecule has 0 heterocycles. The van der Waals surface area contributed by atoms with Gasteiger partial charge in [-0.15, -0.1) is 0 Å². The van der Waals surface area contributed by atoms with Gasteiger partial charge in [0, 0.05) is 19.2 Å². The maximum absolute atomic E-state index is 12.6. The topological polar surface area (TPSA) is 84.5 Å². The van der Waals surface area contributed by atoms with Gasteiger partial charge >= 0.3 is 0 Å². The highest BCUT2D eigenvalue weighted by Gasteiger charge is 2.14. The highest BCUT2D eigenvalue weighted by atomic mass is 32.2. The van der Waals surface area contributed by atoms with E-state index in [0.717, 1.165) is 11.1 Å². The first-order chi connectivity index (χ1) is 13.9. The number of carbonyl (C=O) groups is 1. The lowest BCUT2D eigenvalue weighted by Gasteiger charge is -2.10. The minimum Gasteiger partial charge on any atom is -0.489 e. The van der Waals surface area contributed by atoms with Crippen molar-refractivity contribution in [2.45, 2.75) is 25.0 Å². The zero-order valence-electron chi connectivity index (χ0n) is 16.0. The molecular weight excluding hydrogens is 388 g/mol. The van der Waals surface area contributed by atoms with E-state index in [2.05, 4.69) is 10.0 Å². The first kappa shape index (κ1) is 20.4. The number of sulfonamides is 1. The van der Waals surface area contributed by atoms with E-state index in [1.165, 1.54) is 19.1 Å². The van der Waals surface area contributed by atoms with Gasteiger partial charge in [-0.3, -0.25) is 9.52 Å². The smallest absolute Gasteiger partial charge is 0.261 e. The number of hydrogen-bond donors (Lipinski definition) is 2. The van der Waals surface area contributed by atoms with Crippen molar-refractivity contribution in [3.8, 4) is 5.75 Å². The average molecular weight is 410 g/mol. The van der Waals surface area contributed by atoms with Gasteiger partial charge in [0.25, 0.3) is 10.0 Å². The normalized spacial score (nSPS) is 10.9. The van der Waals surface area contributed by atoms with Gasteiger partial charge in [-0.1, -0.05) is 42.5 Å². The van der Waals surface area contributed by atoms with Crippen LogP contribution in [0.3, 0.4) is 0 Å². The van der Waals surface area contributed by atoms with Crippen molar-refractivity contribution in [1.82, 2.24) is 5.32 Å². The van der Waals surface area contributed by atoms with Gasteiger partial charge < -0.3 is 10.1 Å². The number of hydrogen-bond acceptors (Lipinski definition) is 4. The van der Waals surface area contributed by atoms with Crippen LogP contribution < -0.4 is 14.8 Å². The summed E-state index contributed by atoms with van der Waals surface area (Å²) in [5, 5.41) is 2.67. The summed E-state index contributed by atoms with van der Waals surface area (Å²) in [6.45, 7) is 2.23. The van der Waals surface area contributed by atoms with Gasteiger partial charge in [0.05, 0.1) is 4.90 Å². The molecule has 0 bridgehead atoms. The first-order valence-corrected chi connectivity index (χ1v) is 10.5. The van der Waals surface area contributed by atoms with Gasteiger partial charge in [-0.2, -0.15) is 0 Å². The first-order valence-electron chi connectivity index (χ1n) is 9.05. The molecule has 0 spiro atoms. The third-order valence-electron chi connectivity index (χ3n) is 4.13. The molecule has 0 fully saturated rings. The van der Waals surface area contributed by atoms with Crippen molar-refractivity contribution in [3.63, 3.8) is 0 Å². The van der Waals surface area contributed by atoms with Crippen LogP contribution in [0.5, 0.6) is 5.75 Å². The molecule has 0 unspecified atom stereocenters. The van der Waals surface area contributed by atoms with Crippen LogP contribution in [0.4, 0.5) is 5.69 Å². The number of anilines is 1. The van der Waals surface area contributed by atoms with Crippen molar-refractivity contribution >= 4 is 21.6 Å². The molecule has 0 aliphatic carbocycles. The summed E-state index contributed by atoms with van der Waals surface area (Å²) in [5.41, 5.74) is 2.32. The number of carbonyl (C=O) groups excluding carboxylic acids is 1. The Morgan fingerprint density at radius 2 is 1.52 bits per heavy atom. The van der Waals surface area contributed by atoms with E-state index in [1.807, 2.05) is 30.3 Å². The lowest BCUT2D eigenvalue weighted by molar-refractivity contribution is -0.119. The van der Waals surface area contributed by atoms with Crippen LogP contribution >= 0.6 is 0 Å². The number of benzene rings is 3. The maximum Gasteiger partial charge on any atom is 0.261 e. The summed E-state index contributed by atoms with van der Waals surface area (Å²) in [6.07, 6.45) is 0. The molecule has 7 heteroatoms. The van der Waals surface area contributed by atoms with Crippen molar-refractivity contribution in [2.24, 2.45) is 0 Å². The maximum atomic E-state index is 12.6. The number of ether oxygens (including phenoxy) is 1. The second-order valence-electron chi connectivity index (χ2n) is 6.46. The average Bonchev–Trinajstić information content (AvgIpc) is 2.72. The Kier molecular flexibility index (Phi) is 6.51. The number of amides is 1. The monoisotopic (exact) mass is 410 g/mol. The van der Waals surface area contributed by atoms with Crippen LogP contribution in [-0.4, -0.2) is 14.3 Å². The van der Waals surface area contributed by atoms with Crippen molar-refractivity contribution in [3.05, 3.63) is 90.0 Å². The lowest BCUT2D eigenvalue weighted by Crippen LogP contribution is -2.19. The van der Waals surface area contributed by atoms with Crippen LogP contribution in [0, 0.1) is 0 Å². The Labute approximate surface area is 170 Å². The molecule has 2 N–H and O–H groups in total. The molecule has 0 radical (unpaired) electrons. The zero-order valence-corrected chi connectivity index (χ0v) is 16.8. The molecule has 3 aromatic rings. The van der Waals surface area contributed by atoms with Gasteiger partial charge in [0.2, 0.25) is 5.91 Å². The van der Waals surface area contributed by atoms with Gasteiger partial charge in [-0.25, -0.2) is 8.42 Å². The summed E-state index contributed by atoms with van der Waals surface area (Å²) < 4.78 is 33.4. The highest BCUT2D eigenvalue weighted by molar-refractivity contribution is 7.92. The molecule has 150 valence electrons. The molecular formula is C22H22N2O4S. The highest BCUT2D eigenvalue weighted by Crippen LogP contribution is 2.20. The van der Waals surface area contributed by atoms with E-state index < -0.39 is 10.0 Å². The Morgan fingerprint density at radius 1 is 0.862 bits per heavy atom.